The lowest BCUT2D eigenvalue weighted by Gasteiger charge is -2.28. The van der Waals surface area contributed by atoms with Crippen LogP contribution in [0.1, 0.15) is 41.8 Å². The van der Waals surface area contributed by atoms with Crippen molar-refractivity contribution in [1.82, 2.24) is 5.32 Å². The largest absolute Gasteiger partial charge is 0.451 e. The molecule has 0 saturated heterocycles. The summed E-state index contributed by atoms with van der Waals surface area (Å²) >= 11 is 1.73. The molecular formula is C19H19NO2S. The minimum atomic E-state index is -0.122. The molecule has 0 radical (unpaired) electrons. The summed E-state index contributed by atoms with van der Waals surface area (Å²) in [7, 11) is 0. The standard InChI is InChI=1S/C19H19NO2S/c21-18(17-11-14-5-1-2-6-16(14)22-17)20-13-19(8-3-4-9-19)15-7-10-23-12-15/h1-2,5-7,10-12H,3-4,8-9,13H2,(H,20,21). The van der Waals surface area contributed by atoms with E-state index in [0.717, 1.165) is 23.8 Å². The normalized spacial score (nSPS) is 16.7. The lowest BCUT2D eigenvalue weighted by atomic mass is 9.80. The highest BCUT2D eigenvalue weighted by Gasteiger charge is 2.36. The first-order valence-electron chi connectivity index (χ1n) is 8.06. The van der Waals surface area contributed by atoms with Gasteiger partial charge >= 0.3 is 0 Å². The second-order valence-electron chi connectivity index (χ2n) is 6.33. The van der Waals surface area contributed by atoms with Crippen molar-refractivity contribution in [3.8, 4) is 0 Å². The Morgan fingerprint density at radius 3 is 2.78 bits per heavy atom. The van der Waals surface area contributed by atoms with Gasteiger partial charge in [-0.2, -0.15) is 11.3 Å². The second-order valence-corrected chi connectivity index (χ2v) is 7.11. The van der Waals surface area contributed by atoms with E-state index in [-0.39, 0.29) is 11.3 Å². The first kappa shape index (κ1) is 14.5. The number of thiophene rings is 1. The van der Waals surface area contributed by atoms with Gasteiger partial charge < -0.3 is 9.73 Å². The average molecular weight is 325 g/mol. The Kier molecular flexibility index (Phi) is 3.69. The van der Waals surface area contributed by atoms with E-state index in [1.54, 1.807) is 11.3 Å². The van der Waals surface area contributed by atoms with Crippen LogP contribution < -0.4 is 5.32 Å². The predicted molar refractivity (Wildman–Crippen MR) is 93.0 cm³/mol. The molecular weight excluding hydrogens is 306 g/mol. The molecule has 1 aliphatic carbocycles. The molecule has 4 heteroatoms. The van der Waals surface area contributed by atoms with Crippen LogP contribution in [0.4, 0.5) is 0 Å². The molecule has 0 bridgehead atoms. The predicted octanol–water partition coefficient (Wildman–Crippen LogP) is 4.74. The lowest BCUT2D eigenvalue weighted by Crippen LogP contribution is -2.38. The molecule has 3 aromatic rings. The lowest BCUT2D eigenvalue weighted by molar-refractivity contribution is 0.0917. The number of carbonyl (C=O) groups is 1. The van der Waals surface area contributed by atoms with Gasteiger partial charge in [0.15, 0.2) is 5.76 Å². The molecule has 1 aromatic carbocycles. The molecule has 2 aromatic heterocycles. The number of para-hydroxylation sites is 1. The molecule has 4 rings (SSSR count). The molecule has 1 amide bonds. The number of nitrogens with one attached hydrogen (secondary N) is 1. The van der Waals surface area contributed by atoms with Gasteiger partial charge in [-0.05, 0) is 47.4 Å². The zero-order chi connectivity index (χ0) is 15.7. The van der Waals surface area contributed by atoms with Gasteiger partial charge in [0.25, 0.3) is 5.91 Å². The number of carbonyl (C=O) groups excluding carboxylic acids is 1. The Bertz CT molecular complexity index is 780. The van der Waals surface area contributed by atoms with Gasteiger partial charge in [0, 0.05) is 17.3 Å². The van der Waals surface area contributed by atoms with Crippen LogP contribution >= 0.6 is 11.3 Å². The van der Waals surface area contributed by atoms with Gasteiger partial charge in [-0.15, -0.1) is 0 Å². The molecule has 118 valence electrons. The number of benzene rings is 1. The van der Waals surface area contributed by atoms with Gasteiger partial charge in [0.05, 0.1) is 0 Å². The van der Waals surface area contributed by atoms with Crippen LogP contribution in [0.5, 0.6) is 0 Å². The van der Waals surface area contributed by atoms with Gasteiger partial charge in [0.1, 0.15) is 5.58 Å². The van der Waals surface area contributed by atoms with Crippen molar-refractivity contribution in [2.24, 2.45) is 0 Å². The van der Waals surface area contributed by atoms with Crippen LogP contribution in [0.2, 0.25) is 0 Å². The topological polar surface area (TPSA) is 42.2 Å². The number of amides is 1. The van der Waals surface area contributed by atoms with Crippen molar-refractivity contribution < 1.29 is 9.21 Å². The zero-order valence-electron chi connectivity index (χ0n) is 12.9. The molecule has 2 heterocycles. The average Bonchev–Trinajstić information content (AvgIpc) is 3.32. The maximum atomic E-state index is 12.5. The van der Waals surface area contributed by atoms with Gasteiger partial charge in [-0.25, -0.2) is 0 Å². The van der Waals surface area contributed by atoms with E-state index in [1.165, 1.54) is 18.4 Å². The van der Waals surface area contributed by atoms with Crippen molar-refractivity contribution in [2.75, 3.05) is 6.54 Å². The summed E-state index contributed by atoms with van der Waals surface area (Å²) in [5.41, 5.74) is 2.22. The molecule has 0 atom stereocenters. The van der Waals surface area contributed by atoms with Crippen molar-refractivity contribution in [3.63, 3.8) is 0 Å². The smallest absolute Gasteiger partial charge is 0.287 e. The van der Waals surface area contributed by atoms with E-state index in [9.17, 15) is 4.79 Å². The Hall–Kier alpha value is -2.07. The molecule has 1 aliphatic rings. The fraction of sp³-hybridized carbons (Fsp3) is 0.316. The molecule has 0 spiro atoms. The van der Waals surface area contributed by atoms with E-state index in [4.69, 9.17) is 4.42 Å². The van der Waals surface area contributed by atoms with E-state index < -0.39 is 0 Å². The Balaban J connectivity index is 1.52. The minimum absolute atomic E-state index is 0.0989. The van der Waals surface area contributed by atoms with E-state index in [0.29, 0.717) is 12.3 Å². The number of hydrogen-bond acceptors (Lipinski definition) is 3. The molecule has 0 aliphatic heterocycles. The molecule has 1 fully saturated rings. The van der Waals surface area contributed by atoms with Crippen LogP contribution in [0, 0.1) is 0 Å². The summed E-state index contributed by atoms with van der Waals surface area (Å²) in [6.07, 6.45) is 4.75. The quantitative estimate of drug-likeness (QED) is 0.753. The SMILES string of the molecule is O=C(NCC1(c2ccsc2)CCCC1)c1cc2ccccc2o1. The maximum Gasteiger partial charge on any atom is 0.287 e. The Morgan fingerprint density at radius 1 is 1.22 bits per heavy atom. The van der Waals surface area contributed by atoms with Gasteiger partial charge in [0.2, 0.25) is 0 Å². The van der Waals surface area contributed by atoms with Crippen LogP contribution in [0.3, 0.4) is 0 Å². The summed E-state index contributed by atoms with van der Waals surface area (Å²) in [6, 6.07) is 11.7. The number of rotatable bonds is 4. The highest BCUT2D eigenvalue weighted by Crippen LogP contribution is 2.41. The summed E-state index contributed by atoms with van der Waals surface area (Å²) in [5, 5.41) is 8.41. The highest BCUT2D eigenvalue weighted by molar-refractivity contribution is 7.08. The Morgan fingerprint density at radius 2 is 2.04 bits per heavy atom. The summed E-state index contributed by atoms with van der Waals surface area (Å²) in [4.78, 5) is 12.5. The first-order chi connectivity index (χ1) is 11.3. The first-order valence-corrected chi connectivity index (χ1v) is 9.01. The second kappa shape index (κ2) is 5.85. The maximum absolute atomic E-state index is 12.5. The molecule has 0 unspecified atom stereocenters. The van der Waals surface area contributed by atoms with E-state index in [2.05, 4.69) is 22.1 Å². The van der Waals surface area contributed by atoms with Gasteiger partial charge in [-0.3, -0.25) is 4.79 Å². The monoisotopic (exact) mass is 325 g/mol. The van der Waals surface area contributed by atoms with Crippen molar-refractivity contribution in [1.29, 1.82) is 0 Å². The van der Waals surface area contributed by atoms with Crippen LogP contribution in [0.25, 0.3) is 11.0 Å². The van der Waals surface area contributed by atoms with Crippen LogP contribution in [0.15, 0.2) is 51.6 Å². The third-order valence-corrected chi connectivity index (χ3v) is 5.61. The Labute approximate surface area is 139 Å². The van der Waals surface area contributed by atoms with Crippen molar-refractivity contribution in [3.05, 3.63) is 58.5 Å². The zero-order valence-corrected chi connectivity index (χ0v) is 13.7. The molecule has 23 heavy (non-hydrogen) atoms. The number of furan rings is 1. The number of fused-ring (bicyclic) bond motifs is 1. The number of hydrogen-bond donors (Lipinski definition) is 1. The van der Waals surface area contributed by atoms with Crippen molar-refractivity contribution in [2.45, 2.75) is 31.1 Å². The fourth-order valence-electron chi connectivity index (χ4n) is 3.62. The van der Waals surface area contributed by atoms with Gasteiger partial charge in [-0.1, -0.05) is 31.0 Å². The van der Waals surface area contributed by atoms with Crippen LogP contribution in [-0.4, -0.2) is 12.5 Å². The molecule has 1 N–H and O–H groups in total. The minimum Gasteiger partial charge on any atom is -0.451 e. The summed E-state index contributed by atoms with van der Waals surface area (Å²) < 4.78 is 5.66. The third-order valence-electron chi connectivity index (χ3n) is 4.93. The van der Waals surface area contributed by atoms with E-state index in [1.807, 2.05) is 30.3 Å². The summed E-state index contributed by atoms with van der Waals surface area (Å²) in [5.74, 6) is 0.271. The van der Waals surface area contributed by atoms with E-state index >= 15 is 0 Å². The third kappa shape index (κ3) is 2.68. The molecule has 3 nitrogen and oxygen atoms in total. The van der Waals surface area contributed by atoms with Crippen molar-refractivity contribution >= 4 is 28.2 Å². The fourth-order valence-corrected chi connectivity index (χ4v) is 4.39. The highest BCUT2D eigenvalue weighted by atomic mass is 32.1. The van der Waals surface area contributed by atoms with Crippen LogP contribution in [-0.2, 0) is 5.41 Å². The molecule has 1 saturated carbocycles. The summed E-state index contributed by atoms with van der Waals surface area (Å²) in [6.45, 7) is 0.680.